The molecule has 4 rings (SSSR count). The predicted octanol–water partition coefficient (Wildman–Crippen LogP) is 2.47. The lowest BCUT2D eigenvalue weighted by Crippen LogP contribution is -2.37. The number of hydrogen-bond acceptors (Lipinski definition) is 4. The Morgan fingerprint density at radius 3 is 3.05 bits per heavy atom. The Morgan fingerprint density at radius 2 is 2.19 bits per heavy atom. The van der Waals surface area contributed by atoms with Crippen molar-refractivity contribution in [1.82, 2.24) is 20.0 Å². The Bertz CT molecular complexity index is 603. The molecule has 0 amide bonds. The largest absolute Gasteiger partial charge is 0.315 e. The van der Waals surface area contributed by atoms with Crippen LogP contribution in [-0.4, -0.2) is 39.9 Å². The number of nitrogens with one attached hydrogen (secondary N) is 1. The SMILES string of the molecule is Cn1cc(-c2ccc(CN3C4CCNCC3CC4)s2)cn1. The van der Waals surface area contributed by atoms with Gasteiger partial charge < -0.3 is 5.32 Å². The highest BCUT2D eigenvalue weighted by atomic mass is 32.1. The first kappa shape index (κ1) is 13.5. The molecule has 112 valence electrons. The Morgan fingerprint density at radius 1 is 1.29 bits per heavy atom. The summed E-state index contributed by atoms with van der Waals surface area (Å²) in [4.78, 5) is 5.55. The first-order valence-electron chi connectivity index (χ1n) is 7.84. The Kier molecular flexibility index (Phi) is 3.57. The minimum absolute atomic E-state index is 0.737. The number of nitrogens with zero attached hydrogens (tertiary/aromatic N) is 3. The summed E-state index contributed by atoms with van der Waals surface area (Å²) in [5, 5.41) is 7.85. The standard InChI is InChI=1S/C16H22N4S/c1-19-10-12(8-18-19)16-5-4-15(21-16)11-20-13-2-3-14(20)9-17-7-6-13/h4-5,8,10,13-14,17H,2-3,6-7,9,11H2,1H3. The second kappa shape index (κ2) is 5.55. The zero-order valence-electron chi connectivity index (χ0n) is 12.5. The van der Waals surface area contributed by atoms with Gasteiger partial charge in [-0.15, -0.1) is 11.3 Å². The van der Waals surface area contributed by atoms with Crippen LogP contribution in [0, 0.1) is 0 Å². The van der Waals surface area contributed by atoms with E-state index in [1.165, 1.54) is 41.1 Å². The van der Waals surface area contributed by atoms with E-state index in [1.54, 1.807) is 0 Å². The summed E-state index contributed by atoms with van der Waals surface area (Å²) in [6, 6.07) is 6.06. The topological polar surface area (TPSA) is 33.1 Å². The van der Waals surface area contributed by atoms with Gasteiger partial charge in [0.25, 0.3) is 0 Å². The van der Waals surface area contributed by atoms with E-state index in [4.69, 9.17) is 0 Å². The van der Waals surface area contributed by atoms with Crippen LogP contribution in [0.3, 0.4) is 0 Å². The van der Waals surface area contributed by atoms with Crippen LogP contribution in [0.15, 0.2) is 24.5 Å². The molecule has 0 radical (unpaired) electrons. The van der Waals surface area contributed by atoms with Crippen molar-refractivity contribution in [2.75, 3.05) is 13.1 Å². The molecule has 2 unspecified atom stereocenters. The van der Waals surface area contributed by atoms with Gasteiger partial charge in [0, 0.05) is 53.7 Å². The van der Waals surface area contributed by atoms with Crippen molar-refractivity contribution in [2.45, 2.75) is 37.9 Å². The summed E-state index contributed by atoms with van der Waals surface area (Å²) in [5.41, 5.74) is 1.23. The van der Waals surface area contributed by atoms with Gasteiger partial charge in [0.15, 0.2) is 0 Å². The van der Waals surface area contributed by atoms with Crippen molar-refractivity contribution in [3.8, 4) is 10.4 Å². The summed E-state index contributed by atoms with van der Waals surface area (Å²) in [5.74, 6) is 0. The summed E-state index contributed by atoms with van der Waals surface area (Å²) < 4.78 is 1.87. The average Bonchev–Trinajstić information content (AvgIpc) is 3.11. The zero-order chi connectivity index (χ0) is 14.2. The van der Waals surface area contributed by atoms with E-state index in [-0.39, 0.29) is 0 Å². The van der Waals surface area contributed by atoms with Gasteiger partial charge in [-0.25, -0.2) is 0 Å². The fraction of sp³-hybridized carbons (Fsp3) is 0.562. The first-order valence-corrected chi connectivity index (χ1v) is 8.65. The summed E-state index contributed by atoms with van der Waals surface area (Å²) in [6.45, 7) is 3.46. The maximum atomic E-state index is 4.27. The number of hydrogen-bond donors (Lipinski definition) is 1. The van der Waals surface area contributed by atoms with Gasteiger partial charge in [0.05, 0.1) is 6.20 Å². The third-order valence-electron chi connectivity index (χ3n) is 4.79. The molecular weight excluding hydrogens is 280 g/mol. The molecule has 2 aliphatic rings. The molecule has 2 aromatic rings. The van der Waals surface area contributed by atoms with Gasteiger partial charge >= 0.3 is 0 Å². The summed E-state index contributed by atoms with van der Waals surface area (Å²) >= 11 is 1.92. The lowest BCUT2D eigenvalue weighted by Gasteiger charge is -2.26. The third-order valence-corrected chi connectivity index (χ3v) is 5.91. The van der Waals surface area contributed by atoms with Crippen molar-refractivity contribution in [3.63, 3.8) is 0 Å². The van der Waals surface area contributed by atoms with Crippen LogP contribution in [-0.2, 0) is 13.6 Å². The van der Waals surface area contributed by atoms with Crippen LogP contribution in [0.4, 0.5) is 0 Å². The molecule has 0 spiro atoms. The molecule has 5 heteroatoms. The smallest absolute Gasteiger partial charge is 0.0576 e. The molecule has 2 bridgehead atoms. The number of fused-ring (bicyclic) bond motifs is 2. The van der Waals surface area contributed by atoms with Crippen LogP contribution in [0.1, 0.15) is 24.1 Å². The van der Waals surface area contributed by atoms with Crippen LogP contribution >= 0.6 is 11.3 Å². The number of rotatable bonds is 3. The lowest BCUT2D eigenvalue weighted by atomic mass is 10.1. The number of thiophene rings is 1. The number of aryl methyl sites for hydroxylation is 1. The van der Waals surface area contributed by atoms with Gasteiger partial charge in [0.1, 0.15) is 0 Å². The Labute approximate surface area is 129 Å². The van der Waals surface area contributed by atoms with Crippen LogP contribution in [0.25, 0.3) is 10.4 Å². The highest BCUT2D eigenvalue weighted by Gasteiger charge is 2.34. The normalized spacial score (nSPS) is 26.1. The van der Waals surface area contributed by atoms with Gasteiger partial charge in [-0.3, -0.25) is 9.58 Å². The molecule has 0 aromatic carbocycles. The molecule has 0 aliphatic carbocycles. The molecule has 4 heterocycles. The molecule has 2 aromatic heterocycles. The zero-order valence-corrected chi connectivity index (χ0v) is 13.3. The average molecular weight is 302 g/mol. The van der Waals surface area contributed by atoms with Crippen molar-refractivity contribution >= 4 is 11.3 Å². The summed E-state index contributed by atoms with van der Waals surface area (Å²) in [6.07, 6.45) is 8.09. The molecule has 2 fully saturated rings. The lowest BCUT2D eigenvalue weighted by molar-refractivity contribution is 0.195. The van der Waals surface area contributed by atoms with E-state index in [9.17, 15) is 0 Å². The van der Waals surface area contributed by atoms with Crippen LogP contribution in [0.2, 0.25) is 0 Å². The fourth-order valence-corrected chi connectivity index (χ4v) is 4.68. The maximum absolute atomic E-state index is 4.27. The van der Waals surface area contributed by atoms with Crippen molar-refractivity contribution < 1.29 is 0 Å². The molecule has 2 saturated heterocycles. The van der Waals surface area contributed by atoms with Gasteiger partial charge in [-0.1, -0.05) is 0 Å². The molecular formula is C16H22N4S. The van der Waals surface area contributed by atoms with Crippen molar-refractivity contribution in [1.29, 1.82) is 0 Å². The van der Waals surface area contributed by atoms with Crippen LogP contribution in [0.5, 0.6) is 0 Å². The minimum Gasteiger partial charge on any atom is -0.315 e. The number of aromatic nitrogens is 2. The molecule has 2 atom stereocenters. The second-order valence-corrected chi connectivity index (χ2v) is 7.39. The predicted molar refractivity (Wildman–Crippen MR) is 86.4 cm³/mol. The molecule has 2 aliphatic heterocycles. The maximum Gasteiger partial charge on any atom is 0.0576 e. The molecule has 1 N–H and O–H groups in total. The highest BCUT2D eigenvalue weighted by molar-refractivity contribution is 7.15. The van der Waals surface area contributed by atoms with E-state index in [0.717, 1.165) is 25.2 Å². The monoisotopic (exact) mass is 302 g/mol. The van der Waals surface area contributed by atoms with E-state index in [2.05, 4.69) is 33.6 Å². The quantitative estimate of drug-likeness (QED) is 0.945. The highest BCUT2D eigenvalue weighted by Crippen LogP contribution is 2.33. The Hall–Kier alpha value is -1.17. The Balaban J connectivity index is 1.51. The van der Waals surface area contributed by atoms with Crippen molar-refractivity contribution in [3.05, 3.63) is 29.4 Å². The van der Waals surface area contributed by atoms with E-state index < -0.39 is 0 Å². The first-order chi connectivity index (χ1) is 10.3. The molecule has 4 nitrogen and oxygen atoms in total. The van der Waals surface area contributed by atoms with Gasteiger partial charge in [-0.05, 0) is 37.9 Å². The van der Waals surface area contributed by atoms with Crippen molar-refractivity contribution in [2.24, 2.45) is 7.05 Å². The van der Waals surface area contributed by atoms with E-state index in [0.29, 0.717) is 0 Å². The summed E-state index contributed by atoms with van der Waals surface area (Å²) in [7, 11) is 1.97. The van der Waals surface area contributed by atoms with Gasteiger partial charge in [-0.2, -0.15) is 5.10 Å². The second-order valence-electron chi connectivity index (χ2n) is 6.22. The van der Waals surface area contributed by atoms with E-state index >= 15 is 0 Å². The van der Waals surface area contributed by atoms with E-state index in [1.807, 2.05) is 29.3 Å². The van der Waals surface area contributed by atoms with Crippen LogP contribution < -0.4 is 5.32 Å². The van der Waals surface area contributed by atoms with Gasteiger partial charge in [0.2, 0.25) is 0 Å². The third kappa shape index (κ3) is 2.65. The molecule has 21 heavy (non-hydrogen) atoms. The fourth-order valence-electron chi connectivity index (χ4n) is 3.69. The minimum atomic E-state index is 0.737. The molecule has 0 saturated carbocycles.